The number of esters is 1. The number of aliphatic carboxylic acids is 1. The van der Waals surface area contributed by atoms with Crippen molar-refractivity contribution in [2.45, 2.75) is 371 Å². The Morgan fingerprint density at radius 1 is 0.556 bits per heavy atom. The lowest BCUT2D eigenvalue weighted by atomic mass is 9.91. The van der Waals surface area contributed by atoms with Gasteiger partial charge in [0.15, 0.2) is 18.5 Å². The van der Waals surface area contributed by atoms with Crippen molar-refractivity contribution < 1.29 is 86.6 Å². The van der Waals surface area contributed by atoms with Crippen molar-refractivity contribution in [3.63, 3.8) is 0 Å². The number of hydrogen-bond donors (Lipinski definition) is 7. The molecule has 2 fully saturated rings. The smallest absolute Gasteiger partial charge is 0.470 e. The molecule has 2 aliphatic heterocycles. The molecule has 2 heterocycles. The van der Waals surface area contributed by atoms with Crippen molar-refractivity contribution >= 4 is 37.4 Å². The van der Waals surface area contributed by atoms with E-state index in [2.05, 4.69) is 50.5 Å². The molecule has 20 nitrogen and oxygen atoms in total. The molecule has 0 unspecified atom stereocenters. The minimum atomic E-state index is -5.41. The zero-order chi connectivity index (χ0) is 66.0. The number of carbonyl (C=O) groups excluding carboxylic acids is 4. The molecule has 2 saturated heterocycles. The van der Waals surface area contributed by atoms with Gasteiger partial charge in [0.1, 0.15) is 42.3 Å². The predicted molar refractivity (Wildman–Crippen MR) is 351 cm³/mol. The summed E-state index contributed by atoms with van der Waals surface area (Å²) in [6.45, 7) is 8.80. The van der Waals surface area contributed by atoms with E-state index in [0.29, 0.717) is 25.9 Å². The fraction of sp³-hybridized carbons (Fsp3) is 0.899. The lowest BCUT2D eigenvalue weighted by molar-refractivity contribution is -0.286. The topological polar surface area (TPSA) is 292 Å². The minimum absolute atomic E-state index is 0.0904. The maximum Gasteiger partial charge on any atom is 0.470 e. The number of amides is 2. The van der Waals surface area contributed by atoms with Crippen LogP contribution < -0.4 is 10.6 Å². The molecule has 2 rings (SSSR count). The summed E-state index contributed by atoms with van der Waals surface area (Å²) in [4.78, 5) is 87.4. The third-order valence-electron chi connectivity index (χ3n) is 17.2. The molecule has 2 amide bonds. The van der Waals surface area contributed by atoms with Crippen molar-refractivity contribution in [3.8, 4) is 0 Å². The Bertz CT molecular complexity index is 1930. The molecular weight excluding hydrogens is 1180 g/mol. The summed E-state index contributed by atoms with van der Waals surface area (Å²) in [5.41, 5.74) is 0. The van der Waals surface area contributed by atoms with Crippen molar-refractivity contribution in [2.75, 3.05) is 26.4 Å². The third kappa shape index (κ3) is 39.7. The number of allylic oxidation sites excluding steroid dienone is 2. The molecule has 0 aliphatic carbocycles. The van der Waals surface area contributed by atoms with Crippen molar-refractivity contribution in [2.24, 2.45) is 0 Å². The van der Waals surface area contributed by atoms with Crippen LogP contribution in [0.4, 0.5) is 0 Å². The number of ketones is 1. The first-order valence-electron chi connectivity index (χ1n) is 35.8. The molecule has 0 spiro atoms. The van der Waals surface area contributed by atoms with E-state index in [9.17, 15) is 53.6 Å². The maximum absolute atomic E-state index is 14.3. The summed E-state index contributed by atoms with van der Waals surface area (Å²) in [7, 11) is -5.41. The molecule has 7 N–H and O–H groups in total. The standard InChI is InChI=1S/C69H127N2O18P/c1-6-10-14-18-22-26-28-29-33-36-40-44-48-83-56(47-43-39-35-31-25-21-17-13-9-4)51-60(76)88-66-62(70-54(5)73)69(87-57(52-72)64(66)89-90(80,81)82)85-53-58-63(77)65(84-49-45-41-37-32-27-23-19-15-11-7-2)61(67(86-58)68(78)79)71-59(75)50-55(74)46-42-38-34-30-24-20-16-12-8-3/h26,28,56-58,61-67,69,72,77H,6-25,27,29-53H2,1-5H3,(H,70,73)(H,71,75)(H,78,79)(H2,80,81,82)/b28-26-/t56-,57-,58-,61-,62-,63-,64-,65-,66-,67+,69-/m1/s1. The van der Waals surface area contributed by atoms with Crippen LogP contribution >= 0.6 is 7.82 Å². The second kappa shape index (κ2) is 53.4. The number of aliphatic hydroxyl groups is 2. The van der Waals surface area contributed by atoms with Gasteiger partial charge in [0.2, 0.25) is 11.8 Å². The minimum Gasteiger partial charge on any atom is -0.479 e. The summed E-state index contributed by atoms with van der Waals surface area (Å²) in [5, 5.41) is 38.7. The van der Waals surface area contributed by atoms with Gasteiger partial charge in [-0.3, -0.25) is 23.7 Å². The number of rotatable bonds is 59. The van der Waals surface area contributed by atoms with E-state index in [1.165, 1.54) is 103 Å². The molecular formula is C69H127N2O18P. The number of carboxylic acids is 1. The molecule has 0 aromatic carbocycles. The highest BCUT2D eigenvalue weighted by Crippen LogP contribution is 2.42. The van der Waals surface area contributed by atoms with E-state index in [1.54, 1.807) is 0 Å². The number of aliphatic hydroxyl groups excluding tert-OH is 2. The zero-order valence-electron chi connectivity index (χ0n) is 56.5. The van der Waals surface area contributed by atoms with E-state index >= 15 is 0 Å². The highest BCUT2D eigenvalue weighted by atomic mass is 31.2. The van der Waals surface area contributed by atoms with Crippen molar-refractivity contribution in [1.29, 1.82) is 0 Å². The van der Waals surface area contributed by atoms with Gasteiger partial charge in [-0.15, -0.1) is 0 Å². The van der Waals surface area contributed by atoms with Crippen LogP contribution in [0.15, 0.2) is 12.2 Å². The number of Topliss-reactive ketones (excluding diaryl/α,β-unsaturated/α-hetero) is 1. The number of nitrogens with one attached hydrogen (secondary N) is 2. The van der Waals surface area contributed by atoms with E-state index in [-0.39, 0.29) is 25.2 Å². The number of ether oxygens (including phenoxy) is 6. The fourth-order valence-corrected chi connectivity index (χ4v) is 12.6. The third-order valence-corrected chi connectivity index (χ3v) is 17.7. The van der Waals surface area contributed by atoms with E-state index in [1.807, 2.05) is 0 Å². The first-order chi connectivity index (χ1) is 43.5. The van der Waals surface area contributed by atoms with E-state index in [0.717, 1.165) is 135 Å². The molecule has 0 saturated carbocycles. The van der Waals surface area contributed by atoms with Gasteiger partial charge >= 0.3 is 19.8 Å². The van der Waals surface area contributed by atoms with E-state index < -0.39 is 118 Å². The van der Waals surface area contributed by atoms with Gasteiger partial charge in [0.05, 0.1) is 38.2 Å². The quantitative estimate of drug-likeness (QED) is 0.00979. The first-order valence-corrected chi connectivity index (χ1v) is 37.4. The second-order valence-electron chi connectivity index (χ2n) is 25.5. The van der Waals surface area contributed by atoms with Gasteiger partial charge in [-0.25, -0.2) is 9.36 Å². The Hall–Kier alpha value is -2.88. The van der Waals surface area contributed by atoms with Crippen molar-refractivity contribution in [1.82, 2.24) is 10.6 Å². The molecule has 0 aromatic heterocycles. The van der Waals surface area contributed by atoms with Crippen LogP contribution in [0.25, 0.3) is 0 Å². The van der Waals surface area contributed by atoms with Gasteiger partial charge in [-0.2, -0.15) is 0 Å². The predicted octanol–water partition coefficient (Wildman–Crippen LogP) is 13.7. The number of carbonyl (C=O) groups is 5. The Kier molecular flexibility index (Phi) is 49.4. The monoisotopic (exact) mass is 1300 g/mol. The van der Waals surface area contributed by atoms with Crippen LogP contribution in [0.2, 0.25) is 0 Å². The number of unbranched alkanes of at least 4 members (excludes halogenated alkanes) is 33. The van der Waals surface area contributed by atoms with Gasteiger partial charge < -0.3 is 64.2 Å². The molecule has 526 valence electrons. The number of phosphoric ester groups is 1. The van der Waals surface area contributed by atoms with Crippen molar-refractivity contribution in [3.05, 3.63) is 12.2 Å². The Morgan fingerprint density at radius 2 is 1.03 bits per heavy atom. The normalized spacial score (nSPS) is 22.4. The Morgan fingerprint density at radius 3 is 1.53 bits per heavy atom. The fourth-order valence-electron chi connectivity index (χ4n) is 12.0. The molecule has 0 radical (unpaired) electrons. The molecule has 90 heavy (non-hydrogen) atoms. The summed E-state index contributed by atoms with van der Waals surface area (Å²) in [5.74, 6) is -4.11. The van der Waals surface area contributed by atoms with Crippen LogP contribution in [0.1, 0.15) is 304 Å². The molecule has 0 aromatic rings. The molecule has 2 aliphatic rings. The van der Waals surface area contributed by atoms with Crippen LogP contribution in [0.5, 0.6) is 0 Å². The van der Waals surface area contributed by atoms with Crippen LogP contribution in [0.3, 0.4) is 0 Å². The van der Waals surface area contributed by atoms with Gasteiger partial charge in [0, 0.05) is 26.6 Å². The molecule has 21 heteroatoms. The Balaban J connectivity index is 2.35. The average Bonchev–Trinajstić information content (AvgIpc) is 0.834. The van der Waals surface area contributed by atoms with Crippen LogP contribution in [0, 0.1) is 0 Å². The lowest BCUT2D eigenvalue weighted by Crippen LogP contribution is -2.68. The maximum atomic E-state index is 14.3. The average molecular weight is 1300 g/mol. The van der Waals surface area contributed by atoms with Crippen LogP contribution in [-0.2, 0) is 61.5 Å². The Labute approximate surface area is 542 Å². The number of phosphoric acid groups is 1. The first kappa shape index (κ1) is 83.2. The lowest BCUT2D eigenvalue weighted by Gasteiger charge is -2.46. The SMILES string of the molecule is CCCCCC/C=C\CCCCCCO[C@H](CCCCCCCCCCC)CC(=O)O[C@@H]1[C@@H](NC(C)=O)[C@H](OC[C@H]2O[C@H](C(=O)O)[C@H](NC(=O)CC(=O)CCCCCCCCCCC)[C@@H](OCCCCCCCCCCCC)[C@@H]2O)O[C@H](CO)[C@H]1OP(=O)(O)O. The zero-order valence-corrected chi connectivity index (χ0v) is 57.4. The number of hydrogen-bond acceptors (Lipinski definition) is 15. The van der Waals surface area contributed by atoms with Gasteiger partial charge in [-0.05, 0) is 51.4 Å². The summed E-state index contributed by atoms with van der Waals surface area (Å²) in [6, 6.07) is -3.02. The molecule has 0 bridgehead atoms. The van der Waals surface area contributed by atoms with Gasteiger partial charge in [0.25, 0.3) is 0 Å². The second-order valence-corrected chi connectivity index (χ2v) is 26.7. The summed E-state index contributed by atoms with van der Waals surface area (Å²) in [6.07, 6.45) is 31.3. The highest BCUT2D eigenvalue weighted by Gasteiger charge is 2.54. The molecule has 11 atom stereocenters. The largest absolute Gasteiger partial charge is 0.479 e. The summed E-state index contributed by atoms with van der Waals surface area (Å²) >= 11 is 0. The van der Waals surface area contributed by atoms with Gasteiger partial charge in [-0.1, -0.05) is 239 Å². The number of carboxylic acid groups (broad SMARTS) is 1. The van der Waals surface area contributed by atoms with E-state index in [4.69, 9.17) is 32.9 Å². The summed E-state index contributed by atoms with van der Waals surface area (Å²) < 4.78 is 54.7. The highest BCUT2D eigenvalue weighted by molar-refractivity contribution is 7.46. The van der Waals surface area contributed by atoms with Crippen LogP contribution in [-0.4, -0.2) is 148 Å².